The first-order chi connectivity index (χ1) is 8.38. The zero-order valence-electron chi connectivity index (χ0n) is 9.81. The van der Waals surface area contributed by atoms with Gasteiger partial charge in [0.25, 0.3) is 5.91 Å². The van der Waals surface area contributed by atoms with E-state index in [1.165, 1.54) is 6.07 Å². The number of pyridine rings is 1. The lowest BCUT2D eigenvalue weighted by Crippen LogP contribution is -2.29. The van der Waals surface area contributed by atoms with E-state index in [-0.39, 0.29) is 18.0 Å². The Morgan fingerprint density at radius 1 is 1.39 bits per heavy atom. The third-order valence-electron chi connectivity index (χ3n) is 1.99. The molecular weight excluding hydrogens is 261 g/mol. The number of nitrogens with zero attached hydrogens (tertiary/aromatic N) is 1. The molecule has 0 fully saturated rings. The minimum atomic E-state index is -3.20. The Morgan fingerprint density at radius 3 is 2.67 bits per heavy atom. The summed E-state index contributed by atoms with van der Waals surface area (Å²) in [4.78, 5) is 14.9. The van der Waals surface area contributed by atoms with Crippen LogP contribution in [0, 0.1) is 5.95 Å². The Kier molecular flexibility index (Phi) is 5.17. The van der Waals surface area contributed by atoms with Crippen LogP contribution in [0.2, 0.25) is 0 Å². The first kappa shape index (κ1) is 14.5. The topological polar surface area (TPSA) is 88.2 Å². The third kappa shape index (κ3) is 5.69. The maximum Gasteiger partial charge on any atom is 0.252 e. The number of halogens is 1. The third-order valence-corrected chi connectivity index (χ3v) is 2.72. The van der Waals surface area contributed by atoms with Gasteiger partial charge in [0.1, 0.15) is 0 Å². The molecule has 100 valence electrons. The number of sulfonamides is 1. The van der Waals surface area contributed by atoms with E-state index in [0.29, 0.717) is 13.0 Å². The summed E-state index contributed by atoms with van der Waals surface area (Å²) in [6.07, 6.45) is 2.67. The standard InChI is InChI=1S/C10H14FN3O3S/c1-18(16,17)14-6-2-5-12-10(15)8-3-4-9(11)13-7-8/h3-4,7,14H,2,5-6H2,1H3,(H,12,15). The van der Waals surface area contributed by atoms with Crippen molar-refractivity contribution in [1.29, 1.82) is 0 Å². The van der Waals surface area contributed by atoms with Crippen molar-refractivity contribution in [2.75, 3.05) is 19.3 Å². The van der Waals surface area contributed by atoms with E-state index in [2.05, 4.69) is 15.0 Å². The van der Waals surface area contributed by atoms with Crippen molar-refractivity contribution in [2.24, 2.45) is 0 Å². The number of aromatic nitrogens is 1. The average Bonchev–Trinajstić information content (AvgIpc) is 2.27. The van der Waals surface area contributed by atoms with E-state index in [9.17, 15) is 17.6 Å². The number of carbonyl (C=O) groups excluding carboxylic acids is 1. The van der Waals surface area contributed by atoms with E-state index in [0.717, 1.165) is 18.5 Å². The highest BCUT2D eigenvalue weighted by Gasteiger charge is 2.05. The molecule has 0 aliphatic rings. The van der Waals surface area contributed by atoms with Gasteiger partial charge in [0.15, 0.2) is 0 Å². The summed E-state index contributed by atoms with van der Waals surface area (Å²) in [5.41, 5.74) is 0.257. The lowest BCUT2D eigenvalue weighted by molar-refractivity contribution is 0.0953. The highest BCUT2D eigenvalue weighted by Crippen LogP contribution is 1.98. The Bertz CT molecular complexity index is 502. The molecule has 0 saturated heterocycles. The summed E-state index contributed by atoms with van der Waals surface area (Å²) in [5.74, 6) is -1.02. The van der Waals surface area contributed by atoms with Crippen LogP contribution >= 0.6 is 0 Å². The van der Waals surface area contributed by atoms with Crippen molar-refractivity contribution in [3.05, 3.63) is 29.8 Å². The molecule has 1 rings (SSSR count). The normalized spacial score (nSPS) is 11.2. The molecule has 0 aromatic carbocycles. The molecule has 0 spiro atoms. The van der Waals surface area contributed by atoms with Gasteiger partial charge in [0.05, 0.1) is 11.8 Å². The Hall–Kier alpha value is -1.54. The number of hydrogen-bond donors (Lipinski definition) is 2. The van der Waals surface area contributed by atoms with Crippen molar-refractivity contribution in [1.82, 2.24) is 15.0 Å². The molecule has 0 radical (unpaired) electrons. The van der Waals surface area contributed by atoms with Gasteiger partial charge in [-0.25, -0.2) is 18.1 Å². The maximum absolute atomic E-state index is 12.5. The van der Waals surface area contributed by atoms with Gasteiger partial charge in [-0.3, -0.25) is 4.79 Å². The summed E-state index contributed by atoms with van der Waals surface area (Å²) >= 11 is 0. The molecule has 0 unspecified atom stereocenters. The van der Waals surface area contributed by atoms with Crippen LogP contribution in [0.25, 0.3) is 0 Å². The number of rotatable bonds is 6. The quantitative estimate of drug-likeness (QED) is 0.560. The SMILES string of the molecule is CS(=O)(=O)NCCCNC(=O)c1ccc(F)nc1. The van der Waals surface area contributed by atoms with Crippen LogP contribution < -0.4 is 10.0 Å². The molecular formula is C10H14FN3O3S. The van der Waals surface area contributed by atoms with Crippen LogP contribution in [0.15, 0.2) is 18.3 Å². The van der Waals surface area contributed by atoms with Gasteiger partial charge >= 0.3 is 0 Å². The lowest BCUT2D eigenvalue weighted by atomic mass is 10.2. The molecule has 0 bridgehead atoms. The van der Waals surface area contributed by atoms with E-state index < -0.39 is 16.0 Å². The first-order valence-electron chi connectivity index (χ1n) is 5.23. The average molecular weight is 275 g/mol. The second kappa shape index (κ2) is 6.41. The number of carbonyl (C=O) groups is 1. The fraction of sp³-hybridized carbons (Fsp3) is 0.400. The zero-order valence-corrected chi connectivity index (χ0v) is 10.6. The van der Waals surface area contributed by atoms with Gasteiger partial charge in [-0.05, 0) is 18.6 Å². The first-order valence-corrected chi connectivity index (χ1v) is 7.12. The van der Waals surface area contributed by atoms with Crippen molar-refractivity contribution in [2.45, 2.75) is 6.42 Å². The van der Waals surface area contributed by atoms with E-state index >= 15 is 0 Å². The van der Waals surface area contributed by atoms with Gasteiger partial charge < -0.3 is 5.32 Å². The van der Waals surface area contributed by atoms with Crippen LogP contribution in [0.5, 0.6) is 0 Å². The molecule has 18 heavy (non-hydrogen) atoms. The van der Waals surface area contributed by atoms with Gasteiger partial charge in [-0.15, -0.1) is 0 Å². The van der Waals surface area contributed by atoms with Gasteiger partial charge in [0.2, 0.25) is 16.0 Å². The molecule has 1 aromatic heterocycles. The highest BCUT2D eigenvalue weighted by molar-refractivity contribution is 7.88. The molecule has 6 nitrogen and oxygen atoms in total. The van der Waals surface area contributed by atoms with Gasteiger partial charge in [-0.2, -0.15) is 4.39 Å². The van der Waals surface area contributed by atoms with Gasteiger partial charge in [0, 0.05) is 19.3 Å². The minimum absolute atomic E-state index is 0.251. The molecule has 2 N–H and O–H groups in total. The van der Waals surface area contributed by atoms with E-state index in [4.69, 9.17) is 0 Å². The molecule has 1 heterocycles. The van der Waals surface area contributed by atoms with Crippen LogP contribution in [-0.4, -0.2) is 38.7 Å². The fourth-order valence-electron chi connectivity index (χ4n) is 1.16. The smallest absolute Gasteiger partial charge is 0.252 e. The van der Waals surface area contributed by atoms with Crippen LogP contribution in [-0.2, 0) is 10.0 Å². The number of amides is 1. The second-order valence-electron chi connectivity index (χ2n) is 3.65. The van der Waals surface area contributed by atoms with Crippen LogP contribution in [0.1, 0.15) is 16.8 Å². The van der Waals surface area contributed by atoms with Crippen LogP contribution in [0.4, 0.5) is 4.39 Å². The summed E-state index contributed by atoms with van der Waals surface area (Å²) in [7, 11) is -3.20. The zero-order chi connectivity index (χ0) is 13.6. The van der Waals surface area contributed by atoms with E-state index in [1.54, 1.807) is 0 Å². The molecule has 1 amide bonds. The van der Waals surface area contributed by atoms with E-state index in [1.807, 2.05) is 0 Å². The Labute approximate surface area is 105 Å². The van der Waals surface area contributed by atoms with Gasteiger partial charge in [-0.1, -0.05) is 0 Å². The minimum Gasteiger partial charge on any atom is -0.352 e. The monoisotopic (exact) mass is 275 g/mol. The summed E-state index contributed by atoms with van der Waals surface area (Å²) in [6, 6.07) is 2.42. The largest absolute Gasteiger partial charge is 0.352 e. The molecule has 0 aliphatic carbocycles. The van der Waals surface area contributed by atoms with Crippen LogP contribution in [0.3, 0.4) is 0 Å². The summed E-state index contributed by atoms with van der Waals surface area (Å²) < 4.78 is 36.3. The van der Waals surface area contributed by atoms with Crippen molar-refractivity contribution in [3.8, 4) is 0 Å². The number of nitrogens with one attached hydrogen (secondary N) is 2. The Balaban J connectivity index is 2.28. The lowest BCUT2D eigenvalue weighted by Gasteiger charge is -2.05. The second-order valence-corrected chi connectivity index (χ2v) is 5.48. The summed E-state index contributed by atoms with van der Waals surface area (Å²) in [5, 5.41) is 2.57. The van der Waals surface area contributed by atoms with Crippen molar-refractivity contribution in [3.63, 3.8) is 0 Å². The molecule has 0 atom stereocenters. The number of hydrogen-bond acceptors (Lipinski definition) is 4. The fourth-order valence-corrected chi connectivity index (χ4v) is 1.68. The Morgan fingerprint density at radius 2 is 2.11 bits per heavy atom. The molecule has 0 saturated carbocycles. The molecule has 8 heteroatoms. The maximum atomic E-state index is 12.5. The predicted molar refractivity (Wildman–Crippen MR) is 64.0 cm³/mol. The summed E-state index contributed by atoms with van der Waals surface area (Å²) in [6.45, 7) is 0.569. The highest BCUT2D eigenvalue weighted by atomic mass is 32.2. The van der Waals surface area contributed by atoms with Crippen molar-refractivity contribution < 1.29 is 17.6 Å². The predicted octanol–water partition coefficient (Wildman–Crippen LogP) is -0.110. The molecule has 0 aliphatic heterocycles. The van der Waals surface area contributed by atoms with Crippen molar-refractivity contribution >= 4 is 15.9 Å². The molecule has 1 aromatic rings.